The van der Waals surface area contributed by atoms with Gasteiger partial charge >= 0.3 is 0 Å². The average molecular weight is 292 g/mol. The number of nitrogens with zero attached hydrogens (tertiary/aromatic N) is 2. The molecule has 1 rings (SSSR count). The molecule has 0 bridgehead atoms. The van der Waals surface area contributed by atoms with Gasteiger partial charge in [0.1, 0.15) is 6.04 Å². The number of hydrogen-bond donors (Lipinski definition) is 2. The van der Waals surface area contributed by atoms with Crippen LogP contribution in [0.1, 0.15) is 19.4 Å². The molecule has 15 heavy (non-hydrogen) atoms. The van der Waals surface area contributed by atoms with E-state index in [0.29, 0.717) is 18.7 Å². The molecule has 0 aliphatic carbocycles. The fraction of sp³-hybridized carbons (Fsp3) is 0.556. The van der Waals surface area contributed by atoms with Gasteiger partial charge < -0.3 is 5.32 Å². The van der Waals surface area contributed by atoms with Crippen molar-refractivity contribution in [3.63, 3.8) is 0 Å². The van der Waals surface area contributed by atoms with Gasteiger partial charge in [-0.25, -0.2) is 0 Å². The standard InChI is InChI=1S/C9H14BrN3OS/c1-2-8(9(14)11-3-4-15)13-6-7(10)5-12-13/h5-6,8,15H,2-4H2,1H3,(H,11,14). The second-order valence-electron chi connectivity index (χ2n) is 3.08. The van der Waals surface area contributed by atoms with Crippen LogP contribution in [0.3, 0.4) is 0 Å². The van der Waals surface area contributed by atoms with E-state index in [2.05, 4.69) is 39.0 Å². The van der Waals surface area contributed by atoms with E-state index in [-0.39, 0.29) is 11.9 Å². The molecular formula is C9H14BrN3OS. The number of rotatable bonds is 5. The topological polar surface area (TPSA) is 46.9 Å². The van der Waals surface area contributed by atoms with E-state index in [1.54, 1.807) is 17.1 Å². The van der Waals surface area contributed by atoms with Crippen LogP contribution in [-0.2, 0) is 4.79 Å². The lowest BCUT2D eigenvalue weighted by atomic mass is 10.2. The Bertz CT molecular complexity index is 329. The first kappa shape index (κ1) is 12.6. The van der Waals surface area contributed by atoms with Crippen LogP contribution in [0.2, 0.25) is 0 Å². The zero-order valence-electron chi connectivity index (χ0n) is 8.48. The lowest BCUT2D eigenvalue weighted by molar-refractivity contribution is -0.124. The Kier molecular flexibility index (Phi) is 5.17. The lowest BCUT2D eigenvalue weighted by Crippen LogP contribution is -2.33. The van der Waals surface area contributed by atoms with Gasteiger partial charge in [-0.2, -0.15) is 17.7 Å². The van der Waals surface area contributed by atoms with Gasteiger partial charge in [0.15, 0.2) is 0 Å². The van der Waals surface area contributed by atoms with E-state index in [0.717, 1.165) is 4.47 Å². The lowest BCUT2D eigenvalue weighted by Gasteiger charge is -2.14. The number of carbonyl (C=O) groups excluding carboxylic acids is 1. The van der Waals surface area contributed by atoms with Crippen molar-refractivity contribution in [3.05, 3.63) is 16.9 Å². The Labute approximate surface area is 103 Å². The number of aromatic nitrogens is 2. The van der Waals surface area contributed by atoms with Crippen LogP contribution in [0, 0.1) is 0 Å². The van der Waals surface area contributed by atoms with Crippen molar-refractivity contribution < 1.29 is 4.79 Å². The highest BCUT2D eigenvalue weighted by molar-refractivity contribution is 9.10. The predicted molar refractivity (Wildman–Crippen MR) is 66.1 cm³/mol. The van der Waals surface area contributed by atoms with Gasteiger partial charge in [0.05, 0.1) is 10.7 Å². The summed E-state index contributed by atoms with van der Waals surface area (Å²) in [5.74, 6) is 0.632. The smallest absolute Gasteiger partial charge is 0.244 e. The molecule has 1 N–H and O–H groups in total. The summed E-state index contributed by atoms with van der Waals surface area (Å²) in [5, 5.41) is 6.91. The molecule has 6 heteroatoms. The molecule has 0 saturated heterocycles. The summed E-state index contributed by atoms with van der Waals surface area (Å²) in [5.41, 5.74) is 0. The van der Waals surface area contributed by atoms with Crippen LogP contribution in [-0.4, -0.2) is 28.0 Å². The molecule has 1 aromatic rings. The van der Waals surface area contributed by atoms with E-state index in [4.69, 9.17) is 0 Å². The molecule has 0 fully saturated rings. The van der Waals surface area contributed by atoms with E-state index in [9.17, 15) is 4.79 Å². The van der Waals surface area contributed by atoms with E-state index in [1.807, 2.05) is 6.92 Å². The van der Waals surface area contributed by atoms with Crippen molar-refractivity contribution in [2.45, 2.75) is 19.4 Å². The Morgan fingerprint density at radius 2 is 2.53 bits per heavy atom. The summed E-state index contributed by atoms with van der Waals surface area (Å²) >= 11 is 7.34. The van der Waals surface area contributed by atoms with Gasteiger partial charge in [-0.15, -0.1) is 0 Å². The van der Waals surface area contributed by atoms with Crippen molar-refractivity contribution in [2.75, 3.05) is 12.3 Å². The third-order valence-corrected chi connectivity index (χ3v) is 2.62. The van der Waals surface area contributed by atoms with E-state index < -0.39 is 0 Å². The molecule has 84 valence electrons. The first-order valence-corrected chi connectivity index (χ1v) is 6.19. The fourth-order valence-electron chi connectivity index (χ4n) is 1.27. The van der Waals surface area contributed by atoms with Crippen molar-refractivity contribution in [1.82, 2.24) is 15.1 Å². The van der Waals surface area contributed by atoms with Crippen molar-refractivity contribution in [2.24, 2.45) is 0 Å². The summed E-state index contributed by atoms with van der Waals surface area (Å²) in [4.78, 5) is 11.7. The number of carbonyl (C=O) groups is 1. The summed E-state index contributed by atoms with van der Waals surface area (Å²) in [6.07, 6.45) is 4.19. The molecule has 1 aromatic heterocycles. The minimum Gasteiger partial charge on any atom is -0.353 e. The minimum absolute atomic E-state index is 0.0119. The zero-order chi connectivity index (χ0) is 11.3. The second kappa shape index (κ2) is 6.17. The summed E-state index contributed by atoms with van der Waals surface area (Å²) in [7, 11) is 0. The molecule has 0 radical (unpaired) electrons. The van der Waals surface area contributed by atoms with E-state index >= 15 is 0 Å². The first-order valence-electron chi connectivity index (χ1n) is 4.77. The van der Waals surface area contributed by atoms with Crippen LogP contribution in [0.4, 0.5) is 0 Å². The van der Waals surface area contributed by atoms with E-state index in [1.165, 1.54) is 0 Å². The Morgan fingerprint density at radius 3 is 3.00 bits per heavy atom. The van der Waals surface area contributed by atoms with Crippen molar-refractivity contribution >= 4 is 34.5 Å². The SMILES string of the molecule is CCC(C(=O)NCCS)n1cc(Br)cn1. The molecular weight excluding hydrogens is 278 g/mol. The third-order valence-electron chi connectivity index (χ3n) is 1.99. The minimum atomic E-state index is -0.240. The maximum Gasteiger partial charge on any atom is 0.244 e. The maximum absolute atomic E-state index is 11.7. The quantitative estimate of drug-likeness (QED) is 0.811. The van der Waals surface area contributed by atoms with Crippen LogP contribution in [0.25, 0.3) is 0 Å². The number of amides is 1. The van der Waals surface area contributed by atoms with Crippen molar-refractivity contribution in [3.8, 4) is 0 Å². The average Bonchev–Trinajstić information content (AvgIpc) is 2.63. The Morgan fingerprint density at radius 1 is 1.80 bits per heavy atom. The van der Waals surface area contributed by atoms with Crippen LogP contribution in [0.5, 0.6) is 0 Å². The van der Waals surface area contributed by atoms with Gasteiger partial charge in [0.25, 0.3) is 0 Å². The molecule has 1 amide bonds. The molecule has 1 heterocycles. The number of hydrogen-bond acceptors (Lipinski definition) is 3. The molecule has 0 saturated carbocycles. The van der Waals surface area contributed by atoms with Crippen LogP contribution in [0.15, 0.2) is 16.9 Å². The van der Waals surface area contributed by atoms with Gasteiger partial charge in [0, 0.05) is 18.5 Å². The number of thiol groups is 1. The van der Waals surface area contributed by atoms with Gasteiger partial charge in [0.2, 0.25) is 5.91 Å². The monoisotopic (exact) mass is 291 g/mol. The summed E-state index contributed by atoms with van der Waals surface area (Å²) in [6, 6.07) is -0.240. The second-order valence-corrected chi connectivity index (χ2v) is 4.44. The summed E-state index contributed by atoms with van der Waals surface area (Å²) < 4.78 is 2.54. The summed E-state index contributed by atoms with van der Waals surface area (Å²) in [6.45, 7) is 2.54. The fourth-order valence-corrected chi connectivity index (χ4v) is 1.69. The third kappa shape index (κ3) is 3.53. The Hall–Kier alpha value is -0.490. The first-order chi connectivity index (χ1) is 7.19. The highest BCUT2D eigenvalue weighted by Crippen LogP contribution is 2.14. The highest BCUT2D eigenvalue weighted by atomic mass is 79.9. The number of nitrogens with one attached hydrogen (secondary N) is 1. The van der Waals surface area contributed by atoms with Crippen molar-refractivity contribution in [1.29, 1.82) is 0 Å². The molecule has 1 atom stereocenters. The molecule has 0 aliphatic rings. The molecule has 0 aromatic carbocycles. The maximum atomic E-state index is 11.7. The predicted octanol–water partition coefficient (Wildman–Crippen LogP) is 1.64. The van der Waals surface area contributed by atoms with Gasteiger partial charge in [-0.05, 0) is 22.4 Å². The van der Waals surface area contributed by atoms with Gasteiger partial charge in [-0.3, -0.25) is 9.48 Å². The molecule has 0 aliphatic heterocycles. The largest absolute Gasteiger partial charge is 0.353 e. The van der Waals surface area contributed by atoms with Gasteiger partial charge in [-0.1, -0.05) is 6.92 Å². The normalized spacial score (nSPS) is 12.5. The molecule has 1 unspecified atom stereocenters. The van der Waals surface area contributed by atoms with Crippen LogP contribution >= 0.6 is 28.6 Å². The number of halogens is 1. The molecule has 4 nitrogen and oxygen atoms in total. The zero-order valence-corrected chi connectivity index (χ0v) is 11.0. The highest BCUT2D eigenvalue weighted by Gasteiger charge is 2.18. The molecule has 0 spiro atoms. The van der Waals surface area contributed by atoms with Crippen LogP contribution < -0.4 is 5.32 Å². The Balaban J connectivity index is 2.66.